The van der Waals surface area contributed by atoms with E-state index in [-0.39, 0.29) is 5.54 Å². The fourth-order valence-corrected chi connectivity index (χ4v) is 2.72. The predicted octanol–water partition coefficient (Wildman–Crippen LogP) is 3.08. The smallest absolute Gasteiger partial charge is 0.233 e. The van der Waals surface area contributed by atoms with Crippen LogP contribution in [0.25, 0.3) is 0 Å². The van der Waals surface area contributed by atoms with Crippen LogP contribution in [-0.4, -0.2) is 28.5 Å². The summed E-state index contributed by atoms with van der Waals surface area (Å²) in [5.74, 6) is 2.65. The molecule has 1 heterocycles. The minimum atomic E-state index is -0.0465. The van der Waals surface area contributed by atoms with Crippen molar-refractivity contribution in [3.05, 3.63) is 12.4 Å². The topological polar surface area (TPSA) is 47.0 Å². The molecule has 0 aliphatic heterocycles. The molecule has 0 radical (unpaired) electrons. The maximum absolute atomic E-state index is 6.17. The number of halogens is 1. The summed E-state index contributed by atoms with van der Waals surface area (Å²) in [6, 6.07) is 0. The maximum Gasteiger partial charge on any atom is 0.233 e. The molecular weight excluding hydrogens is 250 g/mol. The van der Waals surface area contributed by atoms with Crippen LogP contribution in [0.2, 0.25) is 0 Å². The molecule has 0 spiro atoms. The minimum absolute atomic E-state index is 0.0465. The molecule has 1 N–H and O–H groups in total. The Balaban J connectivity index is 2.09. The first kappa shape index (κ1) is 13.4. The van der Waals surface area contributed by atoms with Gasteiger partial charge in [0.15, 0.2) is 0 Å². The summed E-state index contributed by atoms with van der Waals surface area (Å²) >= 11 is 6.17. The van der Waals surface area contributed by atoms with Gasteiger partial charge in [0.2, 0.25) is 5.88 Å². The zero-order valence-electron chi connectivity index (χ0n) is 10.9. The van der Waals surface area contributed by atoms with E-state index < -0.39 is 0 Å². The van der Waals surface area contributed by atoms with Gasteiger partial charge in [-0.05, 0) is 31.6 Å². The Hall–Kier alpha value is -1.03. The van der Waals surface area contributed by atoms with Gasteiger partial charge in [0, 0.05) is 5.88 Å². The normalized spacial score (nSPS) is 27.8. The van der Waals surface area contributed by atoms with Crippen molar-refractivity contribution in [3.63, 3.8) is 0 Å². The largest absolute Gasteiger partial charge is 0.480 e. The fourth-order valence-electron chi connectivity index (χ4n) is 2.39. The van der Waals surface area contributed by atoms with Gasteiger partial charge in [-0.25, -0.2) is 0 Å². The molecule has 0 unspecified atom stereocenters. The molecule has 1 aromatic rings. The van der Waals surface area contributed by atoms with Crippen molar-refractivity contribution in [2.24, 2.45) is 5.92 Å². The van der Waals surface area contributed by atoms with Crippen LogP contribution in [0, 0.1) is 5.92 Å². The molecule has 18 heavy (non-hydrogen) atoms. The van der Waals surface area contributed by atoms with Crippen LogP contribution >= 0.6 is 11.6 Å². The third-order valence-electron chi connectivity index (χ3n) is 3.70. The van der Waals surface area contributed by atoms with E-state index in [1.54, 1.807) is 19.5 Å². The van der Waals surface area contributed by atoms with Crippen molar-refractivity contribution in [1.29, 1.82) is 0 Å². The van der Waals surface area contributed by atoms with Gasteiger partial charge in [0.25, 0.3) is 0 Å². The summed E-state index contributed by atoms with van der Waals surface area (Å²) in [5.41, 5.74) is -0.0465. The van der Waals surface area contributed by atoms with Crippen molar-refractivity contribution in [3.8, 4) is 5.88 Å². The molecule has 0 saturated heterocycles. The Labute approximate surface area is 113 Å². The van der Waals surface area contributed by atoms with E-state index in [0.717, 1.165) is 24.6 Å². The van der Waals surface area contributed by atoms with Gasteiger partial charge >= 0.3 is 0 Å². The third-order valence-corrected chi connectivity index (χ3v) is 4.21. The van der Waals surface area contributed by atoms with Crippen LogP contribution in [0.15, 0.2) is 12.4 Å². The molecule has 5 heteroatoms. The van der Waals surface area contributed by atoms with Gasteiger partial charge in [-0.1, -0.05) is 6.92 Å². The Bertz CT molecular complexity index is 392. The first-order chi connectivity index (χ1) is 8.67. The SMILES string of the molecule is COc1cncc(NC2(CCl)CCC(C)CC2)n1. The lowest BCUT2D eigenvalue weighted by atomic mass is 9.78. The first-order valence-electron chi connectivity index (χ1n) is 6.38. The summed E-state index contributed by atoms with van der Waals surface area (Å²) in [4.78, 5) is 8.45. The van der Waals surface area contributed by atoms with E-state index in [1.807, 2.05) is 0 Å². The van der Waals surface area contributed by atoms with E-state index in [2.05, 4.69) is 22.2 Å². The number of nitrogens with zero attached hydrogens (tertiary/aromatic N) is 2. The highest BCUT2D eigenvalue weighted by Crippen LogP contribution is 2.35. The molecule has 1 fully saturated rings. The van der Waals surface area contributed by atoms with Crippen LogP contribution in [0.1, 0.15) is 32.6 Å². The summed E-state index contributed by atoms with van der Waals surface area (Å²) < 4.78 is 5.08. The number of hydrogen-bond donors (Lipinski definition) is 1. The van der Waals surface area contributed by atoms with Crippen LogP contribution < -0.4 is 10.1 Å². The van der Waals surface area contributed by atoms with Crippen molar-refractivity contribution in [2.45, 2.75) is 38.1 Å². The summed E-state index contributed by atoms with van der Waals surface area (Å²) in [7, 11) is 1.59. The lowest BCUT2D eigenvalue weighted by Gasteiger charge is -2.39. The Morgan fingerprint density at radius 2 is 2.17 bits per heavy atom. The molecule has 2 rings (SSSR count). The van der Waals surface area contributed by atoms with Gasteiger partial charge in [-0.2, -0.15) is 4.98 Å². The van der Waals surface area contributed by atoms with Gasteiger partial charge < -0.3 is 10.1 Å². The number of anilines is 1. The minimum Gasteiger partial charge on any atom is -0.480 e. The second-order valence-corrected chi connectivity index (χ2v) is 5.44. The number of nitrogens with one attached hydrogen (secondary N) is 1. The molecule has 0 atom stereocenters. The molecule has 1 aromatic heterocycles. The van der Waals surface area contributed by atoms with Crippen molar-refractivity contribution in [1.82, 2.24) is 9.97 Å². The summed E-state index contributed by atoms with van der Waals surface area (Å²) in [6.45, 7) is 2.30. The second kappa shape index (κ2) is 5.74. The monoisotopic (exact) mass is 269 g/mol. The van der Waals surface area contributed by atoms with E-state index in [4.69, 9.17) is 16.3 Å². The molecule has 0 amide bonds. The quantitative estimate of drug-likeness (QED) is 0.854. The van der Waals surface area contributed by atoms with Crippen molar-refractivity contribution in [2.75, 3.05) is 18.3 Å². The molecule has 1 saturated carbocycles. The number of ether oxygens (including phenoxy) is 1. The highest BCUT2D eigenvalue weighted by molar-refractivity contribution is 6.18. The van der Waals surface area contributed by atoms with Crippen LogP contribution in [0.3, 0.4) is 0 Å². The second-order valence-electron chi connectivity index (χ2n) is 5.17. The van der Waals surface area contributed by atoms with Crippen LogP contribution in [-0.2, 0) is 0 Å². The average Bonchev–Trinajstić information content (AvgIpc) is 2.42. The predicted molar refractivity (Wildman–Crippen MR) is 73.3 cm³/mol. The van der Waals surface area contributed by atoms with Crippen LogP contribution in [0.5, 0.6) is 5.88 Å². The zero-order chi connectivity index (χ0) is 13.0. The molecule has 1 aliphatic rings. The average molecular weight is 270 g/mol. The molecule has 0 bridgehead atoms. The zero-order valence-corrected chi connectivity index (χ0v) is 11.7. The molecule has 0 aromatic carbocycles. The summed E-state index contributed by atoms with van der Waals surface area (Å²) in [5, 5.41) is 3.45. The van der Waals surface area contributed by atoms with Crippen molar-refractivity contribution < 1.29 is 4.74 Å². The number of alkyl halides is 1. The number of rotatable bonds is 4. The molecule has 100 valence electrons. The number of methoxy groups -OCH3 is 1. The van der Waals surface area contributed by atoms with E-state index in [0.29, 0.717) is 11.8 Å². The standard InChI is InChI=1S/C13H20ClN3O/c1-10-3-5-13(9-14,6-4-10)17-11-7-15-8-12(16-11)18-2/h7-8,10H,3-6,9H2,1-2H3,(H,16,17). The number of aromatic nitrogens is 2. The van der Waals surface area contributed by atoms with Gasteiger partial charge in [-0.15, -0.1) is 11.6 Å². The molecule has 1 aliphatic carbocycles. The highest BCUT2D eigenvalue weighted by Gasteiger charge is 2.33. The van der Waals surface area contributed by atoms with E-state index >= 15 is 0 Å². The highest BCUT2D eigenvalue weighted by atomic mass is 35.5. The number of hydrogen-bond acceptors (Lipinski definition) is 4. The van der Waals surface area contributed by atoms with Gasteiger partial charge in [0.1, 0.15) is 5.82 Å². The van der Waals surface area contributed by atoms with Gasteiger partial charge in [0.05, 0.1) is 25.0 Å². The van der Waals surface area contributed by atoms with Crippen molar-refractivity contribution >= 4 is 17.4 Å². The lowest BCUT2D eigenvalue weighted by molar-refractivity contribution is 0.286. The Morgan fingerprint density at radius 1 is 1.44 bits per heavy atom. The molecular formula is C13H20ClN3O. The third kappa shape index (κ3) is 3.05. The Morgan fingerprint density at radius 3 is 2.78 bits per heavy atom. The maximum atomic E-state index is 6.17. The van der Waals surface area contributed by atoms with E-state index in [1.165, 1.54) is 12.8 Å². The first-order valence-corrected chi connectivity index (χ1v) is 6.91. The van der Waals surface area contributed by atoms with Crippen LogP contribution in [0.4, 0.5) is 5.82 Å². The fraction of sp³-hybridized carbons (Fsp3) is 0.692. The lowest BCUT2D eigenvalue weighted by Crippen LogP contribution is -2.43. The van der Waals surface area contributed by atoms with E-state index in [9.17, 15) is 0 Å². The summed E-state index contributed by atoms with van der Waals surface area (Å²) in [6.07, 6.45) is 7.89. The van der Waals surface area contributed by atoms with Gasteiger partial charge in [-0.3, -0.25) is 4.98 Å². The Kier molecular flexibility index (Phi) is 4.27. The molecule has 4 nitrogen and oxygen atoms in total.